The number of nitrogens with one attached hydrogen (secondary N) is 1. The van der Waals surface area contributed by atoms with E-state index in [1.54, 1.807) is 21.7 Å². The fraction of sp³-hybridized carbons (Fsp3) is 0.308. The summed E-state index contributed by atoms with van der Waals surface area (Å²) >= 11 is 0. The molecule has 4 rings (SSSR count). The monoisotopic (exact) mass is 459 g/mol. The lowest BCUT2D eigenvalue weighted by atomic mass is 10.1. The van der Waals surface area contributed by atoms with Crippen LogP contribution in [0.5, 0.6) is 0 Å². The number of fused-ring (bicyclic) bond motifs is 1. The third-order valence-corrected chi connectivity index (χ3v) is 5.61. The van der Waals surface area contributed by atoms with Gasteiger partial charge in [0.1, 0.15) is 17.8 Å². The Balaban J connectivity index is 1.65. The average Bonchev–Trinajstić information content (AvgIpc) is 3.50. The summed E-state index contributed by atoms with van der Waals surface area (Å²) in [5.41, 5.74) is 2.37. The van der Waals surface area contributed by atoms with Gasteiger partial charge >= 0.3 is 0 Å². The van der Waals surface area contributed by atoms with Crippen molar-refractivity contribution in [1.29, 1.82) is 0 Å². The molecule has 0 saturated carbocycles. The summed E-state index contributed by atoms with van der Waals surface area (Å²) < 4.78 is 7.19. The molecule has 1 unspecified atom stereocenters. The van der Waals surface area contributed by atoms with Crippen LogP contribution < -0.4 is 5.32 Å². The number of nitrogens with zero attached hydrogens (tertiary/aromatic N) is 4. The molecule has 2 heterocycles. The minimum absolute atomic E-state index is 0.0518. The Morgan fingerprint density at radius 2 is 1.79 bits per heavy atom. The van der Waals surface area contributed by atoms with E-state index in [1.807, 2.05) is 54.6 Å². The molecule has 1 atom stereocenters. The van der Waals surface area contributed by atoms with Crippen LogP contribution in [0.25, 0.3) is 11.0 Å². The van der Waals surface area contributed by atoms with Gasteiger partial charge in [-0.25, -0.2) is 4.68 Å². The quantitative estimate of drug-likeness (QED) is 0.388. The lowest BCUT2D eigenvalue weighted by Crippen LogP contribution is -2.44. The Kier molecular flexibility index (Phi) is 7.37. The van der Waals surface area contributed by atoms with E-state index in [4.69, 9.17) is 4.42 Å². The normalized spacial score (nSPS) is 12.1. The second-order valence-corrected chi connectivity index (χ2v) is 8.63. The fourth-order valence-electron chi connectivity index (χ4n) is 3.81. The van der Waals surface area contributed by atoms with Gasteiger partial charge < -0.3 is 14.6 Å². The highest BCUT2D eigenvalue weighted by Gasteiger charge is 2.34. The van der Waals surface area contributed by atoms with Crippen molar-refractivity contribution < 1.29 is 14.0 Å². The molecule has 8 nitrogen and oxygen atoms in total. The standard InChI is InChI=1S/C26H29N5O3/c1-19(2)14-15-27-26(33)25(23-13-8-16-34-23)30(17-20-9-4-3-5-10-20)24(32)18-31-22-12-7-6-11-21(22)28-29-31/h3-13,16,19,25H,14-15,17-18H2,1-2H3,(H,27,33). The highest BCUT2D eigenvalue weighted by atomic mass is 16.3. The second-order valence-electron chi connectivity index (χ2n) is 8.63. The summed E-state index contributed by atoms with van der Waals surface area (Å²) in [6, 6.07) is 19.6. The maximum absolute atomic E-state index is 13.7. The molecular formula is C26H29N5O3. The molecule has 0 aliphatic heterocycles. The van der Waals surface area contributed by atoms with E-state index < -0.39 is 6.04 Å². The molecule has 8 heteroatoms. The van der Waals surface area contributed by atoms with Gasteiger partial charge in [-0.3, -0.25) is 9.59 Å². The van der Waals surface area contributed by atoms with Gasteiger partial charge in [0.2, 0.25) is 5.91 Å². The summed E-state index contributed by atoms with van der Waals surface area (Å²) in [6.45, 7) is 4.92. The van der Waals surface area contributed by atoms with Crippen LogP contribution in [0, 0.1) is 5.92 Å². The topological polar surface area (TPSA) is 93.3 Å². The Labute approximate surface area is 198 Å². The Morgan fingerprint density at radius 3 is 2.53 bits per heavy atom. The molecule has 0 bridgehead atoms. The predicted molar refractivity (Wildman–Crippen MR) is 128 cm³/mol. The molecule has 2 aromatic heterocycles. The number of hydrogen-bond acceptors (Lipinski definition) is 5. The number of rotatable bonds is 10. The average molecular weight is 460 g/mol. The number of aromatic nitrogens is 3. The first-order chi connectivity index (χ1) is 16.5. The maximum atomic E-state index is 13.7. The second kappa shape index (κ2) is 10.8. The van der Waals surface area contributed by atoms with Gasteiger partial charge in [-0.05, 0) is 42.2 Å². The van der Waals surface area contributed by atoms with Crippen LogP contribution in [0.4, 0.5) is 0 Å². The van der Waals surface area contributed by atoms with Crippen LogP contribution in [0.15, 0.2) is 77.4 Å². The largest absolute Gasteiger partial charge is 0.467 e. The molecule has 176 valence electrons. The third kappa shape index (κ3) is 5.51. The van der Waals surface area contributed by atoms with E-state index in [0.717, 1.165) is 17.5 Å². The smallest absolute Gasteiger partial charge is 0.250 e. The van der Waals surface area contributed by atoms with Crippen LogP contribution in [0.2, 0.25) is 0 Å². The molecular weight excluding hydrogens is 430 g/mol. The van der Waals surface area contributed by atoms with E-state index in [1.165, 1.54) is 6.26 Å². The highest BCUT2D eigenvalue weighted by Crippen LogP contribution is 2.25. The van der Waals surface area contributed by atoms with E-state index in [0.29, 0.717) is 23.7 Å². The predicted octanol–water partition coefficient (Wildman–Crippen LogP) is 3.96. The fourth-order valence-corrected chi connectivity index (χ4v) is 3.81. The number of carbonyl (C=O) groups excluding carboxylic acids is 2. The first-order valence-electron chi connectivity index (χ1n) is 11.5. The van der Waals surface area contributed by atoms with Crippen molar-refractivity contribution >= 4 is 22.8 Å². The zero-order chi connectivity index (χ0) is 23.9. The lowest BCUT2D eigenvalue weighted by Gasteiger charge is -2.30. The number of furan rings is 1. The van der Waals surface area contributed by atoms with Crippen molar-refractivity contribution in [3.05, 3.63) is 84.3 Å². The molecule has 34 heavy (non-hydrogen) atoms. The number of hydrogen-bond donors (Lipinski definition) is 1. The van der Waals surface area contributed by atoms with Crippen LogP contribution in [-0.4, -0.2) is 38.3 Å². The van der Waals surface area contributed by atoms with Gasteiger partial charge in [0.15, 0.2) is 6.04 Å². The molecule has 0 radical (unpaired) electrons. The van der Waals surface area contributed by atoms with E-state index in [9.17, 15) is 9.59 Å². The Bertz CT molecular complexity index is 1220. The Hall–Kier alpha value is -3.94. The molecule has 0 aliphatic rings. The SMILES string of the molecule is CC(C)CCNC(=O)C(c1ccco1)N(Cc1ccccc1)C(=O)Cn1nnc2ccccc21. The van der Waals surface area contributed by atoms with Gasteiger partial charge in [0.25, 0.3) is 5.91 Å². The maximum Gasteiger partial charge on any atom is 0.250 e. The summed E-state index contributed by atoms with van der Waals surface area (Å²) in [5.74, 6) is 0.322. The number of para-hydroxylation sites is 1. The van der Waals surface area contributed by atoms with Gasteiger partial charge in [0.05, 0.1) is 11.8 Å². The highest BCUT2D eigenvalue weighted by molar-refractivity contribution is 5.88. The van der Waals surface area contributed by atoms with Crippen LogP contribution in [-0.2, 0) is 22.7 Å². The summed E-state index contributed by atoms with van der Waals surface area (Å²) in [7, 11) is 0. The zero-order valence-electron chi connectivity index (χ0n) is 19.4. The molecule has 2 aromatic carbocycles. The van der Waals surface area contributed by atoms with Gasteiger partial charge in [0, 0.05) is 13.1 Å². The molecule has 2 amide bonds. The Morgan fingerprint density at radius 1 is 1.03 bits per heavy atom. The summed E-state index contributed by atoms with van der Waals surface area (Å²) in [5, 5.41) is 11.3. The van der Waals surface area contributed by atoms with Gasteiger partial charge in [-0.1, -0.05) is 61.5 Å². The summed E-state index contributed by atoms with van der Waals surface area (Å²) in [6.07, 6.45) is 2.36. The number of amides is 2. The molecule has 0 saturated heterocycles. The first kappa shape index (κ1) is 23.2. The first-order valence-corrected chi connectivity index (χ1v) is 11.5. The summed E-state index contributed by atoms with van der Waals surface area (Å²) in [4.78, 5) is 28.6. The van der Waals surface area contributed by atoms with E-state index in [-0.39, 0.29) is 24.9 Å². The molecule has 1 N–H and O–H groups in total. The minimum atomic E-state index is -0.912. The zero-order valence-corrected chi connectivity index (χ0v) is 19.4. The van der Waals surface area contributed by atoms with Crippen molar-refractivity contribution in [2.75, 3.05) is 6.54 Å². The van der Waals surface area contributed by atoms with E-state index >= 15 is 0 Å². The lowest BCUT2D eigenvalue weighted by molar-refractivity contribution is -0.143. The van der Waals surface area contributed by atoms with Crippen molar-refractivity contribution in [2.45, 2.75) is 39.4 Å². The van der Waals surface area contributed by atoms with Crippen molar-refractivity contribution in [1.82, 2.24) is 25.2 Å². The molecule has 0 aliphatic carbocycles. The van der Waals surface area contributed by atoms with Gasteiger partial charge in [-0.15, -0.1) is 5.10 Å². The number of carbonyl (C=O) groups is 2. The van der Waals surface area contributed by atoms with E-state index in [2.05, 4.69) is 29.5 Å². The molecule has 0 spiro atoms. The minimum Gasteiger partial charge on any atom is -0.467 e. The molecule has 0 fully saturated rings. The van der Waals surface area contributed by atoms with Crippen LogP contribution in [0.1, 0.15) is 37.6 Å². The third-order valence-electron chi connectivity index (χ3n) is 5.61. The van der Waals surface area contributed by atoms with Crippen molar-refractivity contribution in [3.63, 3.8) is 0 Å². The molecule has 4 aromatic rings. The van der Waals surface area contributed by atoms with Crippen molar-refractivity contribution in [3.8, 4) is 0 Å². The van der Waals surface area contributed by atoms with Crippen molar-refractivity contribution in [2.24, 2.45) is 5.92 Å². The van der Waals surface area contributed by atoms with Crippen LogP contribution >= 0.6 is 0 Å². The van der Waals surface area contributed by atoms with Crippen LogP contribution in [0.3, 0.4) is 0 Å². The number of benzene rings is 2. The van der Waals surface area contributed by atoms with Gasteiger partial charge in [-0.2, -0.15) is 0 Å².